The van der Waals surface area contributed by atoms with Gasteiger partial charge in [-0.3, -0.25) is 4.90 Å². The summed E-state index contributed by atoms with van der Waals surface area (Å²) >= 11 is 6.04. The van der Waals surface area contributed by atoms with Crippen LogP contribution < -0.4 is 10.6 Å². The van der Waals surface area contributed by atoms with Crippen LogP contribution in [0.1, 0.15) is 12.5 Å². The number of cyclic esters (lactones) is 1. The quantitative estimate of drug-likeness (QED) is 0.881. The minimum atomic E-state index is -0.617. The summed E-state index contributed by atoms with van der Waals surface area (Å²) in [5.74, 6) is 0. The van der Waals surface area contributed by atoms with Gasteiger partial charge in [0, 0.05) is 17.3 Å². The fraction of sp³-hybridized carbons (Fsp3) is 0.417. The maximum Gasteiger partial charge on any atom is 0.415 e. The molecule has 0 spiro atoms. The standard InChI is InChI=1S/C12H15ClN2O2/c1-8-3-4-9(5-10(8)13)15-7-12(2,6-14)17-11(15)16/h3-5H,6-7,14H2,1-2H3. The number of rotatable bonds is 2. The van der Waals surface area contributed by atoms with Crippen LogP contribution in [0.15, 0.2) is 18.2 Å². The average molecular weight is 255 g/mol. The number of nitrogens with two attached hydrogens (primary N) is 1. The normalized spacial score (nSPS) is 24.0. The van der Waals surface area contributed by atoms with Gasteiger partial charge in [-0.05, 0) is 31.5 Å². The first-order valence-corrected chi connectivity index (χ1v) is 5.80. The van der Waals surface area contributed by atoms with Crippen molar-refractivity contribution < 1.29 is 9.53 Å². The molecule has 1 aliphatic heterocycles. The summed E-state index contributed by atoms with van der Waals surface area (Å²) in [5.41, 5.74) is 6.69. The Labute approximate surface area is 105 Å². The Morgan fingerprint density at radius 1 is 1.59 bits per heavy atom. The Balaban J connectivity index is 2.29. The lowest BCUT2D eigenvalue weighted by atomic mass is 10.1. The highest BCUT2D eigenvalue weighted by Gasteiger charge is 2.41. The van der Waals surface area contributed by atoms with Crippen molar-refractivity contribution in [3.8, 4) is 0 Å². The number of aryl methyl sites for hydroxylation is 1. The zero-order valence-corrected chi connectivity index (χ0v) is 10.6. The van der Waals surface area contributed by atoms with E-state index in [1.807, 2.05) is 26.0 Å². The summed E-state index contributed by atoms with van der Waals surface area (Å²) in [6.07, 6.45) is -0.377. The van der Waals surface area contributed by atoms with E-state index in [2.05, 4.69) is 0 Å². The molecule has 17 heavy (non-hydrogen) atoms. The second kappa shape index (κ2) is 4.20. The van der Waals surface area contributed by atoms with Crippen molar-refractivity contribution in [2.24, 2.45) is 5.73 Å². The summed E-state index contributed by atoms with van der Waals surface area (Å²) < 4.78 is 5.25. The molecule has 1 unspecified atom stereocenters. The lowest BCUT2D eigenvalue weighted by molar-refractivity contribution is 0.0789. The molecule has 1 saturated heterocycles. The molecule has 1 amide bonds. The largest absolute Gasteiger partial charge is 0.440 e. The lowest BCUT2D eigenvalue weighted by Gasteiger charge is -2.19. The van der Waals surface area contributed by atoms with Gasteiger partial charge in [-0.1, -0.05) is 17.7 Å². The van der Waals surface area contributed by atoms with E-state index in [4.69, 9.17) is 22.1 Å². The van der Waals surface area contributed by atoms with Gasteiger partial charge < -0.3 is 10.5 Å². The molecule has 5 heteroatoms. The van der Waals surface area contributed by atoms with E-state index in [-0.39, 0.29) is 6.09 Å². The van der Waals surface area contributed by atoms with Crippen molar-refractivity contribution in [3.63, 3.8) is 0 Å². The van der Waals surface area contributed by atoms with Gasteiger partial charge in [-0.2, -0.15) is 0 Å². The Morgan fingerprint density at radius 2 is 2.29 bits per heavy atom. The van der Waals surface area contributed by atoms with E-state index < -0.39 is 5.60 Å². The van der Waals surface area contributed by atoms with E-state index in [1.54, 1.807) is 11.0 Å². The van der Waals surface area contributed by atoms with Crippen molar-refractivity contribution >= 4 is 23.4 Å². The third kappa shape index (κ3) is 2.23. The molecule has 1 heterocycles. The van der Waals surface area contributed by atoms with E-state index in [0.717, 1.165) is 11.3 Å². The minimum absolute atomic E-state index is 0.300. The summed E-state index contributed by atoms with van der Waals surface area (Å²) in [5, 5.41) is 0.636. The molecule has 0 aliphatic carbocycles. The molecule has 0 saturated carbocycles. The van der Waals surface area contributed by atoms with Crippen LogP contribution in [0.5, 0.6) is 0 Å². The topological polar surface area (TPSA) is 55.6 Å². The summed E-state index contributed by atoms with van der Waals surface area (Å²) in [6.45, 7) is 4.48. The second-order valence-corrected chi connectivity index (χ2v) is 4.95. The number of carbonyl (C=O) groups is 1. The van der Waals surface area contributed by atoms with Gasteiger partial charge in [0.2, 0.25) is 0 Å². The number of nitrogens with zero attached hydrogens (tertiary/aromatic N) is 1. The SMILES string of the molecule is Cc1ccc(N2CC(C)(CN)OC2=O)cc1Cl. The van der Waals surface area contributed by atoms with E-state index in [0.29, 0.717) is 18.1 Å². The highest BCUT2D eigenvalue weighted by molar-refractivity contribution is 6.31. The Bertz CT molecular complexity index is 464. The van der Waals surface area contributed by atoms with Crippen molar-refractivity contribution in [3.05, 3.63) is 28.8 Å². The maximum absolute atomic E-state index is 11.8. The second-order valence-electron chi connectivity index (χ2n) is 4.54. The number of anilines is 1. The number of hydrogen-bond donors (Lipinski definition) is 1. The van der Waals surface area contributed by atoms with Gasteiger partial charge >= 0.3 is 6.09 Å². The van der Waals surface area contributed by atoms with Gasteiger partial charge in [0.25, 0.3) is 0 Å². The van der Waals surface area contributed by atoms with Crippen molar-refractivity contribution in [2.75, 3.05) is 18.0 Å². The summed E-state index contributed by atoms with van der Waals surface area (Å²) in [4.78, 5) is 13.3. The zero-order valence-electron chi connectivity index (χ0n) is 9.87. The van der Waals surface area contributed by atoms with Crippen molar-refractivity contribution in [1.29, 1.82) is 0 Å². The molecule has 1 aromatic carbocycles. The number of halogens is 1. The predicted octanol–water partition coefficient (Wildman–Crippen LogP) is 2.32. The smallest absolute Gasteiger partial charge is 0.415 e. The number of benzene rings is 1. The number of hydrogen-bond acceptors (Lipinski definition) is 3. The molecule has 2 rings (SSSR count). The fourth-order valence-corrected chi connectivity index (χ4v) is 1.92. The number of carbonyl (C=O) groups excluding carboxylic acids is 1. The molecular formula is C12H15ClN2O2. The van der Waals surface area contributed by atoms with Gasteiger partial charge in [-0.25, -0.2) is 4.79 Å². The fourth-order valence-electron chi connectivity index (χ4n) is 1.75. The molecule has 0 aromatic heterocycles. The van der Waals surface area contributed by atoms with Gasteiger partial charge in [0.05, 0.1) is 6.54 Å². The third-order valence-corrected chi connectivity index (χ3v) is 3.35. The highest BCUT2D eigenvalue weighted by Crippen LogP contribution is 2.30. The van der Waals surface area contributed by atoms with Crippen LogP contribution >= 0.6 is 11.6 Å². The molecule has 1 atom stereocenters. The monoisotopic (exact) mass is 254 g/mol. The van der Waals surface area contributed by atoms with Crippen molar-refractivity contribution in [1.82, 2.24) is 0 Å². The lowest BCUT2D eigenvalue weighted by Crippen LogP contribution is -2.38. The molecule has 0 bridgehead atoms. The number of ether oxygens (including phenoxy) is 1. The average Bonchev–Trinajstić information content (AvgIpc) is 2.59. The molecule has 1 fully saturated rings. The molecule has 92 valence electrons. The first-order chi connectivity index (χ1) is 7.95. The predicted molar refractivity (Wildman–Crippen MR) is 67.5 cm³/mol. The van der Waals surface area contributed by atoms with Gasteiger partial charge in [0.1, 0.15) is 5.60 Å². The van der Waals surface area contributed by atoms with E-state index in [9.17, 15) is 4.79 Å². The highest BCUT2D eigenvalue weighted by atomic mass is 35.5. The van der Waals surface area contributed by atoms with Crippen LogP contribution in [0, 0.1) is 6.92 Å². The minimum Gasteiger partial charge on any atom is -0.440 e. The Hall–Kier alpha value is -1.26. The Kier molecular flexibility index (Phi) is 3.02. The Morgan fingerprint density at radius 3 is 2.82 bits per heavy atom. The summed E-state index contributed by atoms with van der Waals surface area (Å²) in [7, 11) is 0. The zero-order chi connectivity index (χ0) is 12.6. The van der Waals surface area contributed by atoms with Crippen LogP contribution in [-0.4, -0.2) is 24.8 Å². The van der Waals surface area contributed by atoms with Crippen LogP contribution in [0.25, 0.3) is 0 Å². The van der Waals surface area contributed by atoms with Gasteiger partial charge in [0.15, 0.2) is 0 Å². The molecule has 1 aliphatic rings. The van der Waals surface area contributed by atoms with Crippen LogP contribution in [0.4, 0.5) is 10.5 Å². The van der Waals surface area contributed by atoms with Crippen LogP contribution in [0.2, 0.25) is 5.02 Å². The van der Waals surface area contributed by atoms with E-state index >= 15 is 0 Å². The molecule has 2 N–H and O–H groups in total. The third-order valence-electron chi connectivity index (χ3n) is 2.95. The molecule has 0 radical (unpaired) electrons. The van der Waals surface area contributed by atoms with E-state index in [1.165, 1.54) is 0 Å². The molecule has 1 aromatic rings. The first kappa shape index (κ1) is 12.2. The van der Waals surface area contributed by atoms with Crippen LogP contribution in [0.3, 0.4) is 0 Å². The van der Waals surface area contributed by atoms with Gasteiger partial charge in [-0.15, -0.1) is 0 Å². The van der Waals surface area contributed by atoms with Crippen LogP contribution in [-0.2, 0) is 4.74 Å². The first-order valence-electron chi connectivity index (χ1n) is 5.42. The van der Waals surface area contributed by atoms with Crippen molar-refractivity contribution in [2.45, 2.75) is 19.4 Å². The molecule has 4 nitrogen and oxygen atoms in total. The number of amides is 1. The maximum atomic E-state index is 11.8. The molecular weight excluding hydrogens is 240 g/mol. The summed E-state index contributed by atoms with van der Waals surface area (Å²) in [6, 6.07) is 5.49.